The first-order valence-corrected chi connectivity index (χ1v) is 5.69. The molecule has 2 aromatic rings. The van der Waals surface area contributed by atoms with E-state index in [9.17, 15) is 4.39 Å². The van der Waals surface area contributed by atoms with Crippen LogP contribution in [0.5, 0.6) is 0 Å². The molecule has 0 aliphatic heterocycles. The van der Waals surface area contributed by atoms with Gasteiger partial charge in [-0.2, -0.15) is 5.10 Å². The Labute approximate surface area is 104 Å². The minimum absolute atomic E-state index is 0.0915. The highest BCUT2D eigenvalue weighted by Crippen LogP contribution is 2.31. The molecule has 1 heterocycles. The lowest BCUT2D eigenvalue weighted by molar-refractivity contribution is 0.630. The van der Waals surface area contributed by atoms with Gasteiger partial charge in [0.2, 0.25) is 0 Å². The summed E-state index contributed by atoms with van der Waals surface area (Å²) in [4.78, 5) is 0. The van der Waals surface area contributed by atoms with E-state index in [1.54, 1.807) is 23.9 Å². The topological polar surface area (TPSA) is 43.8 Å². The zero-order valence-electron chi connectivity index (χ0n) is 9.67. The van der Waals surface area contributed by atoms with Crippen LogP contribution in [0.4, 0.5) is 10.2 Å². The van der Waals surface area contributed by atoms with Gasteiger partial charge in [0.05, 0.1) is 5.02 Å². The molecule has 0 bridgehead atoms. The van der Waals surface area contributed by atoms with Crippen molar-refractivity contribution in [3.63, 3.8) is 0 Å². The Hall–Kier alpha value is -1.55. The number of nitrogen functional groups attached to an aromatic ring is 1. The van der Waals surface area contributed by atoms with Gasteiger partial charge in [-0.1, -0.05) is 24.6 Å². The summed E-state index contributed by atoms with van der Waals surface area (Å²) < 4.78 is 15.5. The Morgan fingerprint density at radius 1 is 1.47 bits per heavy atom. The molecule has 0 unspecified atom stereocenters. The van der Waals surface area contributed by atoms with Crippen molar-refractivity contribution in [3.8, 4) is 11.3 Å². The van der Waals surface area contributed by atoms with Crippen LogP contribution in [-0.2, 0) is 13.5 Å². The summed E-state index contributed by atoms with van der Waals surface area (Å²) in [5, 5.41) is 4.34. The van der Waals surface area contributed by atoms with Gasteiger partial charge in [-0.3, -0.25) is 4.68 Å². The Balaban J connectivity index is 2.68. The lowest BCUT2D eigenvalue weighted by Crippen LogP contribution is -1.98. The van der Waals surface area contributed by atoms with Crippen LogP contribution in [0.15, 0.2) is 18.2 Å². The number of aryl methyl sites for hydroxylation is 1. The smallest absolute Gasteiger partial charge is 0.151 e. The van der Waals surface area contributed by atoms with Crippen LogP contribution < -0.4 is 5.73 Å². The quantitative estimate of drug-likeness (QED) is 0.894. The number of rotatable bonds is 2. The molecule has 0 amide bonds. The van der Waals surface area contributed by atoms with E-state index in [2.05, 4.69) is 5.10 Å². The third kappa shape index (κ3) is 1.89. The molecule has 0 saturated heterocycles. The molecule has 1 aromatic heterocycles. The Morgan fingerprint density at radius 3 is 2.82 bits per heavy atom. The zero-order valence-corrected chi connectivity index (χ0v) is 10.4. The number of anilines is 1. The summed E-state index contributed by atoms with van der Waals surface area (Å²) in [6.07, 6.45) is 0.695. The van der Waals surface area contributed by atoms with E-state index in [-0.39, 0.29) is 5.02 Å². The standard InChI is InChI=1S/C12H13ClFN3/c1-3-7-11(16-17(2)12(7)15)8-5-4-6-9(13)10(8)14/h4-6H,3,15H2,1-2H3. The Bertz CT molecular complexity index is 563. The number of aromatic nitrogens is 2. The molecular weight excluding hydrogens is 241 g/mol. The Kier molecular flexibility index (Phi) is 3.07. The molecule has 2 rings (SSSR count). The van der Waals surface area contributed by atoms with Gasteiger partial charge in [0.15, 0.2) is 5.82 Å². The monoisotopic (exact) mass is 253 g/mol. The third-order valence-corrected chi connectivity index (χ3v) is 3.05. The number of halogens is 2. The van der Waals surface area contributed by atoms with Crippen LogP contribution >= 0.6 is 11.6 Å². The number of benzene rings is 1. The van der Waals surface area contributed by atoms with Crippen molar-refractivity contribution in [2.45, 2.75) is 13.3 Å². The molecule has 5 heteroatoms. The van der Waals surface area contributed by atoms with Gasteiger partial charge in [0.25, 0.3) is 0 Å². The number of nitrogens with zero attached hydrogens (tertiary/aromatic N) is 2. The fourth-order valence-electron chi connectivity index (χ4n) is 1.83. The summed E-state index contributed by atoms with van der Waals surface area (Å²) in [6, 6.07) is 4.87. The van der Waals surface area contributed by atoms with Crippen molar-refractivity contribution in [2.24, 2.45) is 7.05 Å². The molecule has 1 aromatic carbocycles. The minimum atomic E-state index is -0.457. The molecule has 0 spiro atoms. The average Bonchev–Trinajstić information content (AvgIpc) is 2.59. The van der Waals surface area contributed by atoms with E-state index in [0.29, 0.717) is 23.5 Å². The first-order valence-electron chi connectivity index (χ1n) is 5.32. The molecule has 0 fully saturated rings. The molecule has 0 aliphatic carbocycles. The summed E-state index contributed by atoms with van der Waals surface area (Å²) in [7, 11) is 1.74. The van der Waals surface area contributed by atoms with Crippen molar-refractivity contribution in [1.29, 1.82) is 0 Å². The van der Waals surface area contributed by atoms with Crippen molar-refractivity contribution >= 4 is 17.4 Å². The van der Waals surface area contributed by atoms with Crippen LogP contribution in [-0.4, -0.2) is 9.78 Å². The van der Waals surface area contributed by atoms with Crippen molar-refractivity contribution in [2.75, 3.05) is 5.73 Å². The zero-order chi connectivity index (χ0) is 12.6. The fourth-order valence-corrected chi connectivity index (χ4v) is 2.01. The first-order chi connectivity index (χ1) is 8.06. The van der Waals surface area contributed by atoms with Crippen LogP contribution in [0, 0.1) is 5.82 Å². The van der Waals surface area contributed by atoms with Gasteiger partial charge in [0, 0.05) is 18.2 Å². The molecular formula is C12H13ClFN3. The molecule has 0 saturated carbocycles. The van der Waals surface area contributed by atoms with Gasteiger partial charge in [-0.15, -0.1) is 0 Å². The average molecular weight is 254 g/mol. The van der Waals surface area contributed by atoms with Crippen molar-refractivity contribution < 1.29 is 4.39 Å². The second-order valence-electron chi connectivity index (χ2n) is 3.79. The number of nitrogens with two attached hydrogens (primary N) is 1. The molecule has 0 atom stereocenters. The first kappa shape index (κ1) is 11.9. The summed E-state index contributed by atoms with van der Waals surface area (Å²) in [5.74, 6) is 0.101. The molecule has 0 aliphatic rings. The molecule has 0 radical (unpaired) electrons. The maximum absolute atomic E-state index is 13.9. The summed E-state index contributed by atoms with van der Waals surface area (Å²) in [6.45, 7) is 1.96. The fraction of sp³-hybridized carbons (Fsp3) is 0.250. The largest absolute Gasteiger partial charge is 0.384 e. The van der Waals surface area contributed by atoms with Gasteiger partial charge in [0.1, 0.15) is 11.5 Å². The molecule has 2 N–H and O–H groups in total. The minimum Gasteiger partial charge on any atom is -0.384 e. The second-order valence-corrected chi connectivity index (χ2v) is 4.20. The summed E-state index contributed by atoms with van der Waals surface area (Å²) in [5.41, 5.74) is 7.68. The van der Waals surface area contributed by atoms with E-state index in [1.165, 1.54) is 6.07 Å². The highest BCUT2D eigenvalue weighted by Gasteiger charge is 2.18. The van der Waals surface area contributed by atoms with Crippen LogP contribution in [0.2, 0.25) is 5.02 Å². The highest BCUT2D eigenvalue weighted by atomic mass is 35.5. The molecule has 3 nitrogen and oxygen atoms in total. The highest BCUT2D eigenvalue weighted by molar-refractivity contribution is 6.31. The van der Waals surface area contributed by atoms with E-state index >= 15 is 0 Å². The third-order valence-electron chi connectivity index (χ3n) is 2.75. The maximum atomic E-state index is 13.9. The molecule has 17 heavy (non-hydrogen) atoms. The van der Waals surface area contributed by atoms with Gasteiger partial charge in [-0.05, 0) is 18.6 Å². The van der Waals surface area contributed by atoms with Crippen molar-refractivity contribution in [3.05, 3.63) is 34.6 Å². The Morgan fingerprint density at radius 2 is 2.18 bits per heavy atom. The number of hydrogen-bond donors (Lipinski definition) is 1. The normalized spacial score (nSPS) is 10.8. The second kappa shape index (κ2) is 4.37. The maximum Gasteiger partial charge on any atom is 0.151 e. The SMILES string of the molecule is CCc1c(-c2cccc(Cl)c2F)nn(C)c1N. The van der Waals surface area contributed by atoms with E-state index in [0.717, 1.165) is 5.56 Å². The van der Waals surface area contributed by atoms with Gasteiger partial charge in [-0.25, -0.2) is 4.39 Å². The number of hydrogen-bond acceptors (Lipinski definition) is 2. The van der Waals surface area contributed by atoms with E-state index < -0.39 is 5.82 Å². The van der Waals surface area contributed by atoms with E-state index in [1.807, 2.05) is 6.92 Å². The molecule has 90 valence electrons. The van der Waals surface area contributed by atoms with Crippen LogP contribution in [0.1, 0.15) is 12.5 Å². The van der Waals surface area contributed by atoms with Gasteiger partial charge >= 0.3 is 0 Å². The van der Waals surface area contributed by atoms with E-state index in [4.69, 9.17) is 17.3 Å². The predicted octanol–water partition coefficient (Wildman–Crippen LogP) is 3.02. The van der Waals surface area contributed by atoms with Gasteiger partial charge < -0.3 is 5.73 Å². The lowest BCUT2D eigenvalue weighted by Gasteiger charge is -2.03. The van der Waals surface area contributed by atoms with Crippen molar-refractivity contribution in [1.82, 2.24) is 9.78 Å². The predicted molar refractivity (Wildman–Crippen MR) is 67.4 cm³/mol. The lowest BCUT2D eigenvalue weighted by atomic mass is 10.1. The van der Waals surface area contributed by atoms with Crippen LogP contribution in [0.3, 0.4) is 0 Å². The van der Waals surface area contributed by atoms with Crippen LogP contribution in [0.25, 0.3) is 11.3 Å². The summed E-state index contributed by atoms with van der Waals surface area (Å²) >= 11 is 5.77.